The van der Waals surface area contributed by atoms with Crippen LogP contribution >= 0.6 is 11.8 Å². The van der Waals surface area contributed by atoms with Crippen molar-refractivity contribution in [1.29, 1.82) is 0 Å². The molecule has 0 bridgehead atoms. The zero-order chi connectivity index (χ0) is 20.4. The van der Waals surface area contributed by atoms with Crippen LogP contribution in [-0.4, -0.2) is 65.8 Å². The Bertz CT molecular complexity index is 592. The SMILES string of the molecule is C/C=C/C(=O)SCCNC(=O)CCNC(=O)[C@@H]1OC(O)C(=O)OCC1(C)C. The fraction of sp³-hybridized carbons (Fsp3) is 0.647. The molecule has 9 nitrogen and oxygen atoms in total. The Morgan fingerprint density at radius 1 is 1.30 bits per heavy atom. The average Bonchev–Trinajstić information content (AvgIpc) is 2.70. The maximum absolute atomic E-state index is 12.3. The second-order valence-corrected chi connectivity index (χ2v) is 7.62. The Balaban J connectivity index is 2.33. The zero-order valence-corrected chi connectivity index (χ0v) is 16.5. The second kappa shape index (κ2) is 11.1. The lowest BCUT2D eigenvalue weighted by Gasteiger charge is -2.29. The highest BCUT2D eigenvalue weighted by molar-refractivity contribution is 8.14. The minimum absolute atomic E-state index is 0.0460. The van der Waals surface area contributed by atoms with E-state index in [1.54, 1.807) is 26.8 Å². The van der Waals surface area contributed by atoms with Crippen molar-refractivity contribution in [2.75, 3.05) is 25.4 Å². The number of hydrogen-bond acceptors (Lipinski definition) is 8. The summed E-state index contributed by atoms with van der Waals surface area (Å²) in [6.45, 7) is 5.41. The quantitative estimate of drug-likeness (QED) is 0.287. The minimum atomic E-state index is -1.83. The number of aliphatic hydroxyl groups is 1. The number of carbonyl (C=O) groups excluding carboxylic acids is 4. The largest absolute Gasteiger partial charge is 0.461 e. The van der Waals surface area contributed by atoms with E-state index in [1.807, 2.05) is 0 Å². The van der Waals surface area contributed by atoms with E-state index in [4.69, 9.17) is 9.47 Å². The fourth-order valence-electron chi connectivity index (χ4n) is 2.20. The molecule has 1 fully saturated rings. The summed E-state index contributed by atoms with van der Waals surface area (Å²) in [4.78, 5) is 46.7. The van der Waals surface area contributed by atoms with E-state index in [9.17, 15) is 24.3 Å². The van der Waals surface area contributed by atoms with E-state index in [-0.39, 0.29) is 30.6 Å². The first-order chi connectivity index (χ1) is 12.7. The molecule has 1 rings (SSSR count). The normalized spacial score (nSPS) is 22.0. The molecule has 1 saturated heterocycles. The second-order valence-electron chi connectivity index (χ2n) is 6.52. The third kappa shape index (κ3) is 8.10. The molecule has 2 amide bonds. The molecule has 0 aliphatic carbocycles. The van der Waals surface area contributed by atoms with Crippen LogP contribution in [0.4, 0.5) is 0 Å². The number of aliphatic hydroxyl groups excluding tert-OH is 1. The predicted octanol–water partition coefficient (Wildman–Crippen LogP) is -0.269. The van der Waals surface area contributed by atoms with Gasteiger partial charge < -0.3 is 25.2 Å². The molecule has 0 radical (unpaired) electrons. The average molecular weight is 402 g/mol. The first-order valence-corrected chi connectivity index (χ1v) is 9.50. The molecule has 0 spiro atoms. The lowest BCUT2D eigenvalue weighted by atomic mass is 9.87. The Morgan fingerprint density at radius 2 is 2.00 bits per heavy atom. The molecule has 152 valence electrons. The molecule has 2 atom stereocenters. The van der Waals surface area contributed by atoms with Gasteiger partial charge in [0.05, 0.1) is 6.61 Å². The Hall–Kier alpha value is -1.91. The lowest BCUT2D eigenvalue weighted by Crippen LogP contribution is -2.48. The van der Waals surface area contributed by atoms with Crippen LogP contribution < -0.4 is 10.6 Å². The Morgan fingerprint density at radius 3 is 2.67 bits per heavy atom. The summed E-state index contributed by atoms with van der Waals surface area (Å²) < 4.78 is 9.96. The number of nitrogens with one attached hydrogen (secondary N) is 2. The minimum Gasteiger partial charge on any atom is -0.461 e. The van der Waals surface area contributed by atoms with Crippen LogP contribution in [0.5, 0.6) is 0 Å². The Labute approximate surface area is 162 Å². The van der Waals surface area contributed by atoms with E-state index in [1.165, 1.54) is 6.08 Å². The summed E-state index contributed by atoms with van der Waals surface area (Å²) in [6.07, 6.45) is 0.222. The van der Waals surface area contributed by atoms with Crippen LogP contribution in [0.1, 0.15) is 27.2 Å². The molecule has 1 aliphatic heterocycles. The maximum atomic E-state index is 12.3. The highest BCUT2D eigenvalue weighted by atomic mass is 32.2. The van der Waals surface area contributed by atoms with E-state index in [0.717, 1.165) is 11.8 Å². The van der Waals surface area contributed by atoms with Crippen molar-refractivity contribution < 1.29 is 33.8 Å². The summed E-state index contributed by atoms with van der Waals surface area (Å²) in [5.74, 6) is -1.30. The van der Waals surface area contributed by atoms with Crippen molar-refractivity contribution >= 4 is 34.7 Å². The molecule has 1 heterocycles. The van der Waals surface area contributed by atoms with Gasteiger partial charge in [-0.1, -0.05) is 31.7 Å². The summed E-state index contributed by atoms with van der Waals surface area (Å²) in [7, 11) is 0. The smallest absolute Gasteiger partial charge is 0.363 e. The first kappa shape index (κ1) is 23.1. The standard InChI is InChI=1S/C17H26N2O7S/c1-4-5-12(21)27-9-8-18-11(20)6-7-19-14(22)13-17(2,3)10-25-15(23)16(24)26-13/h4-5,13,16,24H,6-10H2,1-3H3,(H,18,20)(H,19,22)/b5-4+/t13-,16?/m0/s1. The number of hydrogen-bond donors (Lipinski definition) is 3. The van der Waals surface area contributed by atoms with Gasteiger partial charge in [0, 0.05) is 30.7 Å². The van der Waals surface area contributed by atoms with Gasteiger partial charge >= 0.3 is 5.97 Å². The van der Waals surface area contributed by atoms with Gasteiger partial charge in [-0.15, -0.1) is 0 Å². The summed E-state index contributed by atoms with van der Waals surface area (Å²) in [6, 6.07) is 0. The molecule has 10 heteroatoms. The monoisotopic (exact) mass is 402 g/mol. The molecule has 1 unspecified atom stereocenters. The summed E-state index contributed by atoms with van der Waals surface area (Å²) in [5.41, 5.74) is -0.837. The molecule has 1 aliphatic rings. The summed E-state index contributed by atoms with van der Waals surface area (Å²) >= 11 is 1.10. The first-order valence-electron chi connectivity index (χ1n) is 8.51. The topological polar surface area (TPSA) is 131 Å². The van der Waals surface area contributed by atoms with Crippen molar-refractivity contribution in [2.45, 2.75) is 39.6 Å². The molecule has 3 N–H and O–H groups in total. The Kier molecular flexibility index (Phi) is 9.47. The highest BCUT2D eigenvalue weighted by Crippen LogP contribution is 2.28. The van der Waals surface area contributed by atoms with Crippen molar-refractivity contribution in [3.63, 3.8) is 0 Å². The van der Waals surface area contributed by atoms with E-state index < -0.39 is 29.7 Å². The van der Waals surface area contributed by atoms with Crippen molar-refractivity contribution in [3.8, 4) is 0 Å². The molecule has 0 aromatic heterocycles. The number of rotatable bonds is 8. The molecular weight excluding hydrogens is 376 g/mol. The molecule has 0 aromatic rings. The number of esters is 1. The number of allylic oxidation sites excluding steroid dienone is 1. The van der Waals surface area contributed by atoms with Crippen LogP contribution in [0.15, 0.2) is 12.2 Å². The number of carbonyl (C=O) groups is 4. The highest BCUT2D eigenvalue weighted by Gasteiger charge is 2.43. The lowest BCUT2D eigenvalue weighted by molar-refractivity contribution is -0.186. The third-order valence-corrected chi connectivity index (χ3v) is 4.45. The van der Waals surface area contributed by atoms with Crippen LogP contribution in [0, 0.1) is 5.41 Å². The summed E-state index contributed by atoms with van der Waals surface area (Å²) in [5, 5.41) is 14.7. The van der Waals surface area contributed by atoms with Crippen LogP contribution in [0.2, 0.25) is 0 Å². The molecule has 27 heavy (non-hydrogen) atoms. The van der Waals surface area contributed by atoms with E-state index in [0.29, 0.717) is 12.3 Å². The van der Waals surface area contributed by atoms with Crippen molar-refractivity contribution in [3.05, 3.63) is 12.2 Å². The fourth-order valence-corrected chi connectivity index (χ4v) is 2.83. The number of cyclic esters (lactones) is 1. The predicted molar refractivity (Wildman–Crippen MR) is 98.5 cm³/mol. The number of thioether (sulfide) groups is 1. The molecule has 0 aromatic carbocycles. The van der Waals surface area contributed by atoms with Gasteiger partial charge in [-0.25, -0.2) is 4.79 Å². The number of ether oxygens (including phenoxy) is 2. The van der Waals surface area contributed by atoms with Gasteiger partial charge in [-0.2, -0.15) is 0 Å². The maximum Gasteiger partial charge on any atom is 0.363 e. The van der Waals surface area contributed by atoms with Crippen LogP contribution in [0.25, 0.3) is 0 Å². The zero-order valence-electron chi connectivity index (χ0n) is 15.6. The van der Waals surface area contributed by atoms with Gasteiger partial charge in [0.15, 0.2) is 0 Å². The molecular formula is C17H26N2O7S. The van der Waals surface area contributed by atoms with Crippen LogP contribution in [-0.2, 0) is 28.7 Å². The van der Waals surface area contributed by atoms with Crippen molar-refractivity contribution in [1.82, 2.24) is 10.6 Å². The molecule has 0 saturated carbocycles. The van der Waals surface area contributed by atoms with E-state index in [2.05, 4.69) is 10.6 Å². The number of amides is 2. The van der Waals surface area contributed by atoms with Gasteiger partial charge in [0.2, 0.25) is 16.9 Å². The third-order valence-electron chi connectivity index (χ3n) is 3.62. The van der Waals surface area contributed by atoms with Crippen molar-refractivity contribution in [2.24, 2.45) is 5.41 Å². The van der Waals surface area contributed by atoms with Gasteiger partial charge in [-0.05, 0) is 13.0 Å². The van der Waals surface area contributed by atoms with Gasteiger partial charge in [0.25, 0.3) is 6.29 Å². The van der Waals surface area contributed by atoms with Gasteiger partial charge in [-0.3, -0.25) is 14.4 Å². The van der Waals surface area contributed by atoms with Crippen LogP contribution in [0.3, 0.4) is 0 Å². The van der Waals surface area contributed by atoms with E-state index >= 15 is 0 Å². The van der Waals surface area contributed by atoms with Gasteiger partial charge in [0.1, 0.15) is 6.10 Å².